The van der Waals surface area contributed by atoms with Crippen LogP contribution in [0, 0.1) is 0 Å². The summed E-state index contributed by atoms with van der Waals surface area (Å²) in [5.41, 5.74) is -0.577. The van der Waals surface area contributed by atoms with Crippen molar-refractivity contribution in [2.75, 3.05) is 19.8 Å². The fourth-order valence-electron chi connectivity index (χ4n) is 3.75. The molecule has 0 spiro atoms. The quantitative estimate of drug-likeness (QED) is 0.320. The van der Waals surface area contributed by atoms with Crippen molar-refractivity contribution in [1.29, 1.82) is 0 Å². The highest BCUT2D eigenvalue weighted by atomic mass is 28.4. The summed E-state index contributed by atoms with van der Waals surface area (Å²) in [5.74, 6) is 1.51. The third-order valence-corrected chi connectivity index (χ3v) is 7.85. The summed E-state index contributed by atoms with van der Waals surface area (Å²) < 4.78 is 31.4. The maximum Gasteiger partial charge on any atom is 0.541 e. The van der Waals surface area contributed by atoms with Crippen LogP contribution in [0.1, 0.15) is 88.0 Å². The Kier molecular flexibility index (Phi) is 10.9. The molecule has 0 aromatic heterocycles. The van der Waals surface area contributed by atoms with Gasteiger partial charge in [0.15, 0.2) is 0 Å². The highest BCUT2D eigenvalue weighted by Gasteiger charge is 2.46. The van der Waals surface area contributed by atoms with E-state index in [2.05, 4.69) is 41.5 Å². The molecule has 5 nitrogen and oxygen atoms in total. The second kappa shape index (κ2) is 12.1. The monoisotopic (exact) mass is 440 g/mol. The van der Waals surface area contributed by atoms with Crippen molar-refractivity contribution in [3.8, 4) is 11.5 Å². The summed E-state index contributed by atoms with van der Waals surface area (Å²) >= 11 is 0. The van der Waals surface area contributed by atoms with Crippen molar-refractivity contribution in [3.63, 3.8) is 0 Å². The van der Waals surface area contributed by atoms with E-state index in [1.54, 1.807) is 0 Å². The van der Waals surface area contributed by atoms with Gasteiger partial charge in [0.25, 0.3) is 0 Å². The molecule has 0 heterocycles. The molecule has 1 aromatic carbocycles. The first-order chi connectivity index (χ1) is 14.1. The molecule has 6 heteroatoms. The van der Waals surface area contributed by atoms with Gasteiger partial charge in [-0.2, -0.15) is 0 Å². The van der Waals surface area contributed by atoms with Gasteiger partial charge in [0, 0.05) is 25.9 Å². The van der Waals surface area contributed by atoms with E-state index in [1.807, 2.05) is 39.0 Å². The summed E-state index contributed by atoms with van der Waals surface area (Å²) in [5, 5.41) is 0.859. The van der Waals surface area contributed by atoms with Crippen molar-refractivity contribution in [2.45, 2.75) is 99.2 Å². The Morgan fingerprint density at radius 2 is 1.17 bits per heavy atom. The molecule has 0 unspecified atom stereocenters. The predicted molar refractivity (Wildman–Crippen MR) is 126 cm³/mol. The lowest BCUT2D eigenvalue weighted by atomic mass is 10.0. The average Bonchev–Trinajstić information content (AvgIpc) is 2.61. The van der Waals surface area contributed by atoms with E-state index < -0.39 is 8.80 Å². The van der Waals surface area contributed by atoms with Gasteiger partial charge in [-0.05, 0) is 73.4 Å². The van der Waals surface area contributed by atoms with Gasteiger partial charge in [-0.25, -0.2) is 0 Å². The second-order valence-corrected chi connectivity index (χ2v) is 11.3. The molecule has 0 aliphatic rings. The van der Waals surface area contributed by atoms with Gasteiger partial charge in [0.05, 0.1) is 5.19 Å². The van der Waals surface area contributed by atoms with Crippen molar-refractivity contribution in [3.05, 3.63) is 18.2 Å². The van der Waals surface area contributed by atoms with Crippen molar-refractivity contribution >= 4 is 14.0 Å². The minimum Gasteiger partial charge on any atom is -0.488 e. The Morgan fingerprint density at radius 3 is 1.60 bits per heavy atom. The van der Waals surface area contributed by atoms with E-state index in [1.165, 1.54) is 0 Å². The van der Waals surface area contributed by atoms with Crippen LogP contribution in [-0.2, 0) is 13.3 Å². The largest absolute Gasteiger partial charge is 0.541 e. The van der Waals surface area contributed by atoms with Crippen molar-refractivity contribution < 1.29 is 22.8 Å². The van der Waals surface area contributed by atoms with Gasteiger partial charge in [-0.15, -0.1) is 0 Å². The number of hydrogen-bond donors (Lipinski definition) is 0. The Labute approximate surface area is 185 Å². The highest BCUT2D eigenvalue weighted by Crippen LogP contribution is 2.30. The number of benzene rings is 1. The lowest BCUT2D eigenvalue weighted by Crippen LogP contribution is -2.57. The van der Waals surface area contributed by atoms with E-state index in [4.69, 9.17) is 22.8 Å². The molecule has 0 aliphatic heterocycles. The molecule has 0 atom stereocenters. The molecule has 1 aromatic rings. The number of ether oxygens (including phenoxy) is 2. The van der Waals surface area contributed by atoms with Crippen LogP contribution in [0.3, 0.4) is 0 Å². The molecule has 0 aliphatic carbocycles. The van der Waals surface area contributed by atoms with Gasteiger partial charge in [0.1, 0.15) is 22.7 Å². The second-order valence-electron chi connectivity index (χ2n) is 8.74. The molecular weight excluding hydrogens is 396 g/mol. The van der Waals surface area contributed by atoms with Gasteiger partial charge >= 0.3 is 8.80 Å². The molecule has 0 radical (unpaired) electrons. The van der Waals surface area contributed by atoms with Gasteiger partial charge in [-0.3, -0.25) is 0 Å². The fourth-order valence-corrected chi connectivity index (χ4v) is 6.32. The first kappa shape index (κ1) is 27.0. The standard InChI is InChI=1S/C24H44O5Si/c1-10-17-23(6,7)28-20-15-16-22(21(19-20)29-24(8,9)18-11-2)30(25-12-3,26-13-4)27-14-5/h15-16,19H,10-14,17-18H2,1-9H3. The molecule has 0 fully saturated rings. The minimum absolute atomic E-state index is 0.249. The topological polar surface area (TPSA) is 46.2 Å². The molecule has 0 amide bonds. The van der Waals surface area contributed by atoms with E-state index in [0.29, 0.717) is 19.8 Å². The van der Waals surface area contributed by atoms with Gasteiger partial charge in [0.2, 0.25) is 0 Å². The SMILES string of the molecule is CCCC(C)(C)Oc1ccc([Si](OCC)(OCC)OCC)c(OC(C)(C)CCC)c1. The van der Waals surface area contributed by atoms with Gasteiger partial charge < -0.3 is 22.8 Å². The molecule has 0 saturated carbocycles. The Bertz CT molecular complexity index is 613. The summed E-state index contributed by atoms with van der Waals surface area (Å²) in [7, 11) is -3.12. The Morgan fingerprint density at radius 1 is 0.700 bits per heavy atom. The van der Waals surface area contributed by atoms with E-state index in [-0.39, 0.29) is 11.2 Å². The fraction of sp³-hybridized carbons (Fsp3) is 0.750. The number of hydrogen-bond acceptors (Lipinski definition) is 5. The Balaban J connectivity index is 3.51. The van der Waals surface area contributed by atoms with Crippen LogP contribution in [0.2, 0.25) is 0 Å². The zero-order valence-electron chi connectivity index (χ0n) is 20.7. The maximum atomic E-state index is 6.55. The van der Waals surface area contributed by atoms with Gasteiger partial charge in [-0.1, -0.05) is 26.7 Å². The van der Waals surface area contributed by atoms with Crippen molar-refractivity contribution in [2.24, 2.45) is 0 Å². The molecule has 1 rings (SSSR count). The predicted octanol–water partition coefficient (Wildman–Crippen LogP) is 5.86. The zero-order valence-corrected chi connectivity index (χ0v) is 21.7. The van der Waals surface area contributed by atoms with E-state index in [0.717, 1.165) is 42.4 Å². The van der Waals surface area contributed by atoms with Crippen LogP contribution < -0.4 is 14.7 Å². The van der Waals surface area contributed by atoms with E-state index in [9.17, 15) is 0 Å². The smallest absolute Gasteiger partial charge is 0.488 e. The average molecular weight is 441 g/mol. The third kappa shape index (κ3) is 7.87. The molecule has 0 N–H and O–H groups in total. The molecule has 0 bridgehead atoms. The molecular formula is C24H44O5Si. The van der Waals surface area contributed by atoms with Crippen LogP contribution >= 0.6 is 0 Å². The Hall–Kier alpha value is -1.08. The van der Waals surface area contributed by atoms with Crippen molar-refractivity contribution in [1.82, 2.24) is 0 Å². The van der Waals surface area contributed by atoms with Crippen LogP contribution in [0.4, 0.5) is 0 Å². The minimum atomic E-state index is -3.12. The van der Waals surface area contributed by atoms with Crippen LogP contribution in [0.15, 0.2) is 18.2 Å². The lowest BCUT2D eigenvalue weighted by Gasteiger charge is -2.34. The molecule has 174 valence electrons. The highest BCUT2D eigenvalue weighted by molar-refractivity contribution is 6.76. The summed E-state index contributed by atoms with van der Waals surface area (Å²) in [4.78, 5) is 0. The van der Waals surface area contributed by atoms with Crippen LogP contribution in [0.5, 0.6) is 11.5 Å². The number of rotatable bonds is 15. The zero-order chi connectivity index (χ0) is 22.8. The normalized spacial score (nSPS) is 12.8. The summed E-state index contributed by atoms with van der Waals surface area (Å²) in [6, 6.07) is 5.95. The van der Waals surface area contributed by atoms with Crippen LogP contribution in [0.25, 0.3) is 0 Å². The summed E-state index contributed by atoms with van der Waals surface area (Å²) in [6.45, 7) is 20.2. The first-order valence-electron chi connectivity index (χ1n) is 11.5. The van der Waals surface area contributed by atoms with Crippen LogP contribution in [-0.4, -0.2) is 39.8 Å². The molecule has 30 heavy (non-hydrogen) atoms. The third-order valence-electron chi connectivity index (χ3n) is 4.77. The summed E-state index contributed by atoms with van der Waals surface area (Å²) in [6.07, 6.45) is 4.01. The first-order valence-corrected chi connectivity index (χ1v) is 13.3. The van der Waals surface area contributed by atoms with E-state index >= 15 is 0 Å². The maximum absolute atomic E-state index is 6.55. The molecule has 0 saturated heterocycles. The lowest BCUT2D eigenvalue weighted by molar-refractivity contribution is 0.0780.